The normalized spacial score (nSPS) is 28.3. The third-order valence-electron chi connectivity index (χ3n) is 2.66. The van der Waals surface area contributed by atoms with Crippen LogP contribution in [0.2, 0.25) is 0 Å². The van der Waals surface area contributed by atoms with E-state index >= 15 is 0 Å². The molecule has 0 radical (unpaired) electrons. The van der Waals surface area contributed by atoms with Crippen LogP contribution in [0.5, 0.6) is 0 Å². The number of hydrogen-bond acceptors (Lipinski definition) is 5. The molecule has 0 aromatic carbocycles. The van der Waals surface area contributed by atoms with Gasteiger partial charge in [-0.1, -0.05) is 18.3 Å². The quantitative estimate of drug-likeness (QED) is 0.763. The Balaban J connectivity index is 2.16. The average molecular weight is 199 g/mol. The van der Waals surface area contributed by atoms with Gasteiger partial charge < -0.3 is 10.0 Å². The first-order valence-corrected chi connectivity index (χ1v) is 5.34. The van der Waals surface area contributed by atoms with E-state index in [1.54, 1.807) is 5.51 Å². The van der Waals surface area contributed by atoms with Gasteiger partial charge in [0.15, 0.2) is 0 Å². The summed E-state index contributed by atoms with van der Waals surface area (Å²) in [5, 5.41) is 18.0. The van der Waals surface area contributed by atoms with Crippen LogP contribution in [-0.4, -0.2) is 34.5 Å². The minimum Gasteiger partial charge on any atom is -0.394 e. The lowest BCUT2D eigenvalue weighted by molar-refractivity contribution is 0.244. The van der Waals surface area contributed by atoms with Gasteiger partial charge in [0, 0.05) is 6.54 Å². The van der Waals surface area contributed by atoms with E-state index in [2.05, 4.69) is 22.0 Å². The summed E-state index contributed by atoms with van der Waals surface area (Å²) in [5.74, 6) is 0.550. The first-order chi connectivity index (χ1) is 6.33. The third-order valence-corrected chi connectivity index (χ3v) is 3.39. The van der Waals surface area contributed by atoms with Gasteiger partial charge in [0.05, 0.1) is 12.6 Å². The Labute approximate surface area is 81.2 Å². The van der Waals surface area contributed by atoms with E-state index in [0.717, 1.165) is 18.1 Å². The molecular weight excluding hydrogens is 186 g/mol. The molecule has 0 amide bonds. The molecule has 2 rings (SSSR count). The van der Waals surface area contributed by atoms with Crippen LogP contribution in [-0.2, 0) is 0 Å². The summed E-state index contributed by atoms with van der Waals surface area (Å²) >= 11 is 1.53. The zero-order chi connectivity index (χ0) is 9.26. The van der Waals surface area contributed by atoms with E-state index in [-0.39, 0.29) is 12.6 Å². The summed E-state index contributed by atoms with van der Waals surface area (Å²) in [7, 11) is 0. The van der Waals surface area contributed by atoms with Gasteiger partial charge in [-0.2, -0.15) is 0 Å². The lowest BCUT2D eigenvalue weighted by Gasteiger charge is -2.23. The van der Waals surface area contributed by atoms with Gasteiger partial charge in [-0.15, -0.1) is 10.2 Å². The molecular formula is C8H13N3OS. The average Bonchev–Trinajstić information content (AvgIpc) is 2.71. The maximum atomic E-state index is 9.22. The molecule has 2 heterocycles. The van der Waals surface area contributed by atoms with Crippen molar-refractivity contribution in [3.8, 4) is 0 Å². The first-order valence-electron chi connectivity index (χ1n) is 4.46. The molecule has 2 unspecified atom stereocenters. The van der Waals surface area contributed by atoms with Crippen molar-refractivity contribution in [1.82, 2.24) is 10.2 Å². The van der Waals surface area contributed by atoms with Crippen molar-refractivity contribution in [3.05, 3.63) is 5.51 Å². The highest BCUT2D eigenvalue weighted by Gasteiger charge is 2.31. The Morgan fingerprint density at radius 3 is 3.23 bits per heavy atom. The Hall–Kier alpha value is -0.680. The molecule has 1 N–H and O–H groups in total. The van der Waals surface area contributed by atoms with Crippen LogP contribution in [0.4, 0.5) is 5.13 Å². The molecule has 0 aliphatic carbocycles. The van der Waals surface area contributed by atoms with Crippen molar-refractivity contribution in [2.24, 2.45) is 5.92 Å². The van der Waals surface area contributed by atoms with Crippen molar-refractivity contribution in [1.29, 1.82) is 0 Å². The molecule has 5 heteroatoms. The van der Waals surface area contributed by atoms with Crippen LogP contribution in [0.1, 0.15) is 13.3 Å². The Morgan fingerprint density at radius 1 is 1.77 bits per heavy atom. The molecule has 13 heavy (non-hydrogen) atoms. The molecule has 72 valence electrons. The minimum atomic E-state index is 0.209. The highest BCUT2D eigenvalue weighted by atomic mass is 32.1. The lowest BCUT2D eigenvalue weighted by atomic mass is 10.0. The van der Waals surface area contributed by atoms with Crippen molar-refractivity contribution in [3.63, 3.8) is 0 Å². The highest BCUT2D eigenvalue weighted by molar-refractivity contribution is 7.13. The highest BCUT2D eigenvalue weighted by Crippen LogP contribution is 2.29. The molecule has 1 aromatic heterocycles. The number of hydrogen-bond donors (Lipinski definition) is 1. The van der Waals surface area contributed by atoms with Crippen LogP contribution >= 0.6 is 11.3 Å². The summed E-state index contributed by atoms with van der Waals surface area (Å²) in [4.78, 5) is 2.16. The first kappa shape index (κ1) is 8.90. The molecule has 1 fully saturated rings. The summed E-state index contributed by atoms with van der Waals surface area (Å²) in [5.41, 5.74) is 1.73. The van der Waals surface area contributed by atoms with Gasteiger partial charge in [0.2, 0.25) is 5.13 Å². The van der Waals surface area contributed by atoms with E-state index in [0.29, 0.717) is 5.92 Å². The van der Waals surface area contributed by atoms with Gasteiger partial charge >= 0.3 is 0 Å². The van der Waals surface area contributed by atoms with Crippen molar-refractivity contribution in [2.45, 2.75) is 19.4 Å². The summed E-state index contributed by atoms with van der Waals surface area (Å²) in [6.45, 7) is 3.37. The largest absolute Gasteiger partial charge is 0.394 e. The van der Waals surface area contributed by atoms with Crippen molar-refractivity contribution in [2.75, 3.05) is 18.1 Å². The molecule has 2 atom stereocenters. The van der Waals surface area contributed by atoms with E-state index in [4.69, 9.17) is 0 Å². The van der Waals surface area contributed by atoms with E-state index < -0.39 is 0 Å². The maximum absolute atomic E-state index is 9.22. The number of aliphatic hydroxyl groups is 1. The van der Waals surface area contributed by atoms with Crippen LogP contribution < -0.4 is 4.90 Å². The monoisotopic (exact) mass is 199 g/mol. The second-order valence-corrected chi connectivity index (χ2v) is 4.24. The molecule has 0 bridgehead atoms. The van der Waals surface area contributed by atoms with Gasteiger partial charge in [0.25, 0.3) is 0 Å². The van der Waals surface area contributed by atoms with E-state index in [1.165, 1.54) is 11.3 Å². The fourth-order valence-electron chi connectivity index (χ4n) is 1.82. The lowest BCUT2D eigenvalue weighted by Crippen LogP contribution is -2.35. The van der Waals surface area contributed by atoms with Crippen LogP contribution in [0.3, 0.4) is 0 Å². The van der Waals surface area contributed by atoms with Gasteiger partial charge in [-0.3, -0.25) is 0 Å². The number of aliphatic hydroxyl groups excluding tert-OH is 1. The molecule has 4 nitrogen and oxygen atoms in total. The van der Waals surface area contributed by atoms with Crippen LogP contribution in [0, 0.1) is 5.92 Å². The topological polar surface area (TPSA) is 49.2 Å². The van der Waals surface area contributed by atoms with Gasteiger partial charge in [0.1, 0.15) is 5.51 Å². The van der Waals surface area contributed by atoms with Gasteiger partial charge in [-0.05, 0) is 12.3 Å². The molecule has 1 aliphatic rings. The van der Waals surface area contributed by atoms with Crippen LogP contribution in [0.15, 0.2) is 5.51 Å². The number of nitrogens with zero attached hydrogens (tertiary/aromatic N) is 3. The predicted octanol–water partition coefficient (Wildman–Crippen LogP) is 0.745. The maximum Gasteiger partial charge on any atom is 0.208 e. The fraction of sp³-hybridized carbons (Fsp3) is 0.750. The minimum absolute atomic E-state index is 0.209. The zero-order valence-electron chi connectivity index (χ0n) is 7.55. The summed E-state index contributed by atoms with van der Waals surface area (Å²) < 4.78 is 0. The SMILES string of the molecule is CC1CCN(c2nncs2)C1CO. The van der Waals surface area contributed by atoms with E-state index in [9.17, 15) is 5.11 Å². The number of aromatic nitrogens is 2. The smallest absolute Gasteiger partial charge is 0.208 e. The Morgan fingerprint density at radius 2 is 2.62 bits per heavy atom. The van der Waals surface area contributed by atoms with Crippen molar-refractivity contribution < 1.29 is 5.11 Å². The third kappa shape index (κ3) is 1.53. The van der Waals surface area contributed by atoms with E-state index in [1.807, 2.05) is 0 Å². The van der Waals surface area contributed by atoms with Crippen LogP contribution in [0.25, 0.3) is 0 Å². The second-order valence-electron chi connectivity index (χ2n) is 3.43. The molecule has 1 saturated heterocycles. The Bertz CT molecular complexity index is 264. The molecule has 1 aliphatic heterocycles. The predicted molar refractivity (Wildman–Crippen MR) is 51.9 cm³/mol. The Kier molecular flexibility index (Phi) is 2.46. The molecule has 1 aromatic rings. The fourth-order valence-corrected chi connectivity index (χ4v) is 2.46. The molecule has 0 spiro atoms. The zero-order valence-corrected chi connectivity index (χ0v) is 8.37. The number of rotatable bonds is 2. The summed E-state index contributed by atoms with van der Waals surface area (Å²) in [6.07, 6.45) is 1.13. The summed E-state index contributed by atoms with van der Waals surface area (Å²) in [6, 6.07) is 0.230. The van der Waals surface area contributed by atoms with Crippen molar-refractivity contribution >= 4 is 16.5 Å². The molecule has 0 saturated carbocycles. The number of anilines is 1. The standard InChI is InChI=1S/C8H13N3OS/c1-6-2-3-11(7(6)4-12)8-10-9-5-13-8/h5-7,12H,2-4H2,1H3. The second kappa shape index (κ2) is 3.59. The van der Waals surface area contributed by atoms with Gasteiger partial charge in [-0.25, -0.2) is 0 Å².